The molecule has 0 aliphatic rings. The summed E-state index contributed by atoms with van der Waals surface area (Å²) in [5, 5.41) is 8.18. The number of amides is 1. The lowest BCUT2D eigenvalue weighted by atomic mass is 10.2. The van der Waals surface area contributed by atoms with E-state index in [1.165, 1.54) is 10.8 Å². The molecule has 7 nitrogen and oxygen atoms in total. The lowest BCUT2D eigenvalue weighted by Crippen LogP contribution is -2.56. The normalized spacial score (nSPS) is 12.4. The molecular formula is C23H22Cl3N5O2S. The largest absolute Gasteiger partial charge is 0.339 e. The van der Waals surface area contributed by atoms with Crippen molar-refractivity contribution in [1.29, 1.82) is 0 Å². The first-order chi connectivity index (χ1) is 16.1. The smallest absolute Gasteiger partial charge is 0.295 e. The molecule has 0 aliphatic heterocycles. The van der Waals surface area contributed by atoms with Gasteiger partial charge in [-0.15, -0.1) is 0 Å². The van der Waals surface area contributed by atoms with Crippen LogP contribution in [0.1, 0.15) is 11.3 Å². The van der Waals surface area contributed by atoms with Crippen molar-refractivity contribution in [1.82, 2.24) is 20.0 Å². The van der Waals surface area contributed by atoms with E-state index in [2.05, 4.69) is 16.0 Å². The van der Waals surface area contributed by atoms with Crippen molar-refractivity contribution in [3.8, 4) is 5.69 Å². The van der Waals surface area contributed by atoms with Crippen molar-refractivity contribution in [3.05, 3.63) is 88.4 Å². The van der Waals surface area contributed by atoms with Crippen molar-refractivity contribution in [2.75, 3.05) is 5.32 Å². The van der Waals surface area contributed by atoms with E-state index >= 15 is 0 Å². The van der Waals surface area contributed by atoms with Gasteiger partial charge in [0.1, 0.15) is 11.9 Å². The van der Waals surface area contributed by atoms with Gasteiger partial charge in [-0.25, -0.2) is 4.68 Å². The molecule has 34 heavy (non-hydrogen) atoms. The van der Waals surface area contributed by atoms with E-state index in [1.807, 2.05) is 60.7 Å². The summed E-state index contributed by atoms with van der Waals surface area (Å²) in [5.74, 6) is -0.502. The number of thiocarbonyl (C=S) groups is 1. The summed E-state index contributed by atoms with van der Waals surface area (Å²) in [5.41, 5.74) is 2.11. The summed E-state index contributed by atoms with van der Waals surface area (Å²) in [7, 11) is 1.76. The van der Waals surface area contributed by atoms with E-state index in [1.54, 1.807) is 24.7 Å². The number of para-hydroxylation sites is 1. The third-order valence-corrected chi connectivity index (χ3v) is 5.78. The van der Waals surface area contributed by atoms with Gasteiger partial charge < -0.3 is 16.0 Å². The van der Waals surface area contributed by atoms with Crippen molar-refractivity contribution >= 4 is 69.8 Å². The highest BCUT2D eigenvalue weighted by Gasteiger charge is 2.34. The number of nitrogens with one attached hydrogen (secondary N) is 3. The molecule has 2 aromatic carbocycles. The van der Waals surface area contributed by atoms with Crippen LogP contribution in [0.5, 0.6) is 0 Å². The Morgan fingerprint density at radius 3 is 2.21 bits per heavy atom. The predicted octanol–water partition coefficient (Wildman–Crippen LogP) is 4.30. The van der Waals surface area contributed by atoms with E-state index < -0.39 is 15.9 Å². The Hall–Kier alpha value is -2.78. The van der Waals surface area contributed by atoms with E-state index in [4.69, 9.17) is 47.0 Å². The molecule has 1 atom stereocenters. The molecule has 0 fully saturated rings. The van der Waals surface area contributed by atoms with E-state index in [0.29, 0.717) is 11.4 Å². The van der Waals surface area contributed by atoms with Crippen LogP contribution in [-0.2, 0) is 11.8 Å². The molecule has 1 aromatic heterocycles. The molecule has 11 heteroatoms. The number of hydrogen-bond donors (Lipinski definition) is 3. The minimum absolute atomic E-state index is 0.00493. The highest BCUT2D eigenvalue weighted by Crippen LogP contribution is 2.29. The fourth-order valence-corrected chi connectivity index (χ4v) is 3.67. The number of nitrogens with zero attached hydrogens (tertiary/aromatic N) is 2. The molecule has 0 saturated heterocycles. The minimum Gasteiger partial charge on any atom is -0.339 e. The van der Waals surface area contributed by atoms with Gasteiger partial charge in [0.25, 0.3) is 5.56 Å². The molecule has 1 amide bonds. The maximum Gasteiger partial charge on any atom is 0.295 e. The van der Waals surface area contributed by atoms with Gasteiger partial charge in [0.2, 0.25) is 9.70 Å². The number of alkyl halides is 3. The van der Waals surface area contributed by atoms with Gasteiger partial charge in [0.15, 0.2) is 5.11 Å². The maximum absolute atomic E-state index is 13.1. The SMILES string of the molecule is Cc1c(NC(=S)N[C@@H](NC(=O)/C=C/c2ccccc2)C(Cl)(Cl)Cl)c(=O)n(-c2ccccc2)n1C. The van der Waals surface area contributed by atoms with E-state index in [9.17, 15) is 9.59 Å². The highest BCUT2D eigenvalue weighted by atomic mass is 35.6. The van der Waals surface area contributed by atoms with Crippen LogP contribution in [0.3, 0.4) is 0 Å². The van der Waals surface area contributed by atoms with Gasteiger partial charge in [-0.1, -0.05) is 83.3 Å². The molecular weight excluding hydrogens is 517 g/mol. The zero-order valence-corrected chi connectivity index (χ0v) is 21.3. The van der Waals surface area contributed by atoms with Gasteiger partial charge in [-0.3, -0.25) is 14.3 Å². The van der Waals surface area contributed by atoms with Crippen LogP contribution in [-0.4, -0.2) is 30.3 Å². The Kier molecular flexibility index (Phi) is 8.43. The quantitative estimate of drug-likeness (QED) is 0.189. The zero-order chi connectivity index (χ0) is 24.9. The molecule has 3 N–H and O–H groups in total. The van der Waals surface area contributed by atoms with Gasteiger partial charge in [-0.05, 0) is 42.9 Å². The van der Waals surface area contributed by atoms with Gasteiger partial charge in [-0.2, -0.15) is 0 Å². The number of hydrogen-bond acceptors (Lipinski definition) is 3. The third kappa shape index (κ3) is 6.42. The van der Waals surface area contributed by atoms with Crippen molar-refractivity contribution in [3.63, 3.8) is 0 Å². The van der Waals surface area contributed by atoms with Crippen molar-refractivity contribution in [2.45, 2.75) is 16.9 Å². The molecule has 0 bridgehead atoms. The van der Waals surface area contributed by atoms with E-state index in [-0.39, 0.29) is 16.4 Å². The summed E-state index contributed by atoms with van der Waals surface area (Å²) >= 11 is 23.5. The lowest BCUT2D eigenvalue weighted by molar-refractivity contribution is -0.117. The van der Waals surface area contributed by atoms with Gasteiger partial charge in [0, 0.05) is 13.1 Å². The molecule has 0 saturated carbocycles. The first-order valence-corrected chi connectivity index (χ1v) is 11.6. The van der Waals surface area contributed by atoms with Crippen LogP contribution >= 0.6 is 47.0 Å². The molecule has 3 rings (SSSR count). The van der Waals surface area contributed by atoms with Crippen LogP contribution in [0.25, 0.3) is 11.8 Å². The van der Waals surface area contributed by atoms with Gasteiger partial charge >= 0.3 is 0 Å². The summed E-state index contributed by atoms with van der Waals surface area (Å²) in [6.07, 6.45) is 1.77. The van der Waals surface area contributed by atoms with Crippen LogP contribution in [0.15, 0.2) is 71.5 Å². The standard InChI is InChI=1S/C23H22Cl3N5O2S/c1-15-19(20(33)31(30(15)2)17-11-7-4-8-12-17)28-22(34)29-21(23(24,25)26)27-18(32)14-13-16-9-5-3-6-10-16/h3-14,21H,1-2H3,(H,27,32)(H2,28,29,34)/b14-13+/t21-/m1/s1. The highest BCUT2D eigenvalue weighted by molar-refractivity contribution is 7.80. The summed E-state index contributed by atoms with van der Waals surface area (Å²) in [6, 6.07) is 18.4. The van der Waals surface area contributed by atoms with E-state index in [0.717, 1.165) is 5.56 Å². The molecule has 1 heterocycles. The molecule has 0 spiro atoms. The number of anilines is 1. The topological polar surface area (TPSA) is 80.1 Å². The molecule has 0 radical (unpaired) electrons. The fourth-order valence-electron chi connectivity index (χ4n) is 3.12. The number of aromatic nitrogens is 2. The van der Waals surface area contributed by atoms with Crippen LogP contribution in [0, 0.1) is 6.92 Å². The molecule has 178 valence electrons. The lowest BCUT2D eigenvalue weighted by Gasteiger charge is -2.27. The van der Waals surface area contributed by atoms with Crippen molar-refractivity contribution < 1.29 is 4.79 Å². The number of halogens is 3. The number of carbonyl (C=O) groups excluding carboxylic acids is 1. The minimum atomic E-state index is -1.93. The van der Waals surface area contributed by atoms with Crippen LogP contribution in [0.2, 0.25) is 0 Å². The molecule has 0 aliphatic carbocycles. The third-order valence-electron chi connectivity index (χ3n) is 4.91. The first-order valence-electron chi connectivity index (χ1n) is 10.1. The Morgan fingerprint density at radius 2 is 1.62 bits per heavy atom. The Bertz CT molecular complexity index is 1250. The van der Waals surface area contributed by atoms with Crippen molar-refractivity contribution in [2.24, 2.45) is 7.05 Å². The number of carbonyl (C=O) groups is 1. The second-order valence-electron chi connectivity index (χ2n) is 7.26. The van der Waals surface area contributed by atoms with Gasteiger partial charge in [0.05, 0.1) is 11.4 Å². The predicted molar refractivity (Wildman–Crippen MR) is 143 cm³/mol. The summed E-state index contributed by atoms with van der Waals surface area (Å²) in [6.45, 7) is 1.77. The average Bonchev–Trinajstić information content (AvgIpc) is 3.01. The Balaban J connectivity index is 1.74. The molecule has 3 aromatic rings. The summed E-state index contributed by atoms with van der Waals surface area (Å²) in [4.78, 5) is 25.5. The number of rotatable bonds is 6. The second kappa shape index (κ2) is 11.1. The maximum atomic E-state index is 13.1. The second-order valence-corrected chi connectivity index (χ2v) is 10.0. The van der Waals surface area contributed by atoms with Crippen LogP contribution < -0.4 is 21.5 Å². The molecule has 0 unspecified atom stereocenters. The Labute approximate surface area is 217 Å². The summed E-state index contributed by atoms with van der Waals surface area (Å²) < 4.78 is 1.27. The fraction of sp³-hybridized carbons (Fsp3) is 0.174. The first kappa shape index (κ1) is 25.8. The Morgan fingerprint density at radius 1 is 1.03 bits per heavy atom. The monoisotopic (exact) mass is 537 g/mol. The van der Waals surface area contributed by atoms with Crippen LogP contribution in [0.4, 0.5) is 5.69 Å². The zero-order valence-electron chi connectivity index (χ0n) is 18.3. The number of benzene rings is 2. The average molecular weight is 539 g/mol.